The summed E-state index contributed by atoms with van der Waals surface area (Å²) in [6.45, 7) is 6.13. The monoisotopic (exact) mass is 252 g/mol. The van der Waals surface area contributed by atoms with Crippen molar-refractivity contribution >= 4 is 0 Å². The number of rotatable bonds is 5. The average Bonchev–Trinajstić information content (AvgIpc) is 2.40. The highest BCUT2D eigenvalue weighted by Crippen LogP contribution is 2.44. The fourth-order valence-corrected chi connectivity index (χ4v) is 3.92. The molecule has 2 fully saturated rings. The van der Waals surface area contributed by atoms with Crippen molar-refractivity contribution < 1.29 is 0 Å². The van der Waals surface area contributed by atoms with Crippen LogP contribution in [0.25, 0.3) is 0 Å². The van der Waals surface area contributed by atoms with Gasteiger partial charge in [0, 0.05) is 6.04 Å². The second kappa shape index (κ2) is 6.91. The largest absolute Gasteiger partial charge is 0.328 e. The highest BCUT2D eigenvalue weighted by molar-refractivity contribution is 4.88. The highest BCUT2D eigenvalue weighted by Gasteiger charge is 2.35. The summed E-state index contributed by atoms with van der Waals surface area (Å²) in [5.74, 6) is 0. The molecule has 0 amide bonds. The molecule has 1 aliphatic heterocycles. The molecule has 1 unspecified atom stereocenters. The summed E-state index contributed by atoms with van der Waals surface area (Å²) in [6, 6.07) is 0.431. The van der Waals surface area contributed by atoms with Crippen molar-refractivity contribution in [3.8, 4) is 0 Å². The lowest BCUT2D eigenvalue weighted by atomic mass is 9.68. The van der Waals surface area contributed by atoms with Crippen molar-refractivity contribution in [1.82, 2.24) is 4.90 Å². The second-order valence-electron chi connectivity index (χ2n) is 6.74. The van der Waals surface area contributed by atoms with Crippen LogP contribution in [-0.2, 0) is 0 Å². The van der Waals surface area contributed by atoms with Gasteiger partial charge in [0.25, 0.3) is 0 Å². The molecule has 0 aromatic heterocycles. The first kappa shape index (κ1) is 14.3. The molecule has 2 aliphatic rings. The molecule has 106 valence electrons. The number of nitrogens with two attached hydrogens (primary N) is 1. The van der Waals surface area contributed by atoms with E-state index in [1.54, 1.807) is 0 Å². The van der Waals surface area contributed by atoms with Crippen LogP contribution in [0.2, 0.25) is 0 Å². The lowest BCUT2D eigenvalue weighted by molar-refractivity contribution is 0.0663. The van der Waals surface area contributed by atoms with Crippen molar-refractivity contribution in [3.05, 3.63) is 0 Å². The zero-order valence-corrected chi connectivity index (χ0v) is 12.3. The Bertz CT molecular complexity index is 223. The fourth-order valence-electron chi connectivity index (χ4n) is 3.92. The van der Waals surface area contributed by atoms with Crippen LogP contribution in [0.5, 0.6) is 0 Å². The maximum Gasteiger partial charge on any atom is 0.00509 e. The minimum atomic E-state index is 0.431. The van der Waals surface area contributed by atoms with E-state index in [9.17, 15) is 0 Å². The molecule has 1 atom stereocenters. The first-order valence-electron chi connectivity index (χ1n) is 8.22. The molecule has 1 saturated carbocycles. The molecule has 0 aromatic rings. The van der Waals surface area contributed by atoms with Crippen molar-refractivity contribution in [2.75, 3.05) is 19.6 Å². The standard InChI is InChI=1S/C16H32N2/c1-2-6-15(17)7-12-18-13-10-16(11-14-18)8-4-3-5-9-16/h15H,2-14,17H2,1H3. The number of nitrogens with zero attached hydrogens (tertiary/aromatic N) is 1. The van der Waals surface area contributed by atoms with Crippen LogP contribution in [0, 0.1) is 5.41 Å². The van der Waals surface area contributed by atoms with E-state index < -0.39 is 0 Å². The van der Waals surface area contributed by atoms with E-state index in [2.05, 4.69) is 11.8 Å². The molecule has 1 spiro atoms. The second-order valence-corrected chi connectivity index (χ2v) is 6.74. The van der Waals surface area contributed by atoms with Crippen LogP contribution < -0.4 is 5.73 Å². The summed E-state index contributed by atoms with van der Waals surface area (Å²) in [6.07, 6.45) is 14.0. The van der Waals surface area contributed by atoms with E-state index >= 15 is 0 Å². The number of likely N-dealkylation sites (tertiary alicyclic amines) is 1. The third kappa shape index (κ3) is 3.96. The van der Waals surface area contributed by atoms with Gasteiger partial charge in [0.1, 0.15) is 0 Å². The normalized spacial score (nSPS) is 26.3. The van der Waals surface area contributed by atoms with Gasteiger partial charge in [0.2, 0.25) is 0 Å². The summed E-state index contributed by atoms with van der Waals surface area (Å²) in [7, 11) is 0. The van der Waals surface area contributed by atoms with Gasteiger partial charge in [-0.25, -0.2) is 0 Å². The van der Waals surface area contributed by atoms with Crippen LogP contribution in [0.4, 0.5) is 0 Å². The Morgan fingerprint density at radius 1 is 1.00 bits per heavy atom. The highest BCUT2D eigenvalue weighted by atomic mass is 15.1. The number of hydrogen-bond donors (Lipinski definition) is 1. The zero-order valence-electron chi connectivity index (χ0n) is 12.3. The molecule has 2 nitrogen and oxygen atoms in total. The molecule has 2 rings (SSSR count). The lowest BCUT2D eigenvalue weighted by Gasteiger charge is -2.44. The van der Waals surface area contributed by atoms with E-state index in [4.69, 9.17) is 5.73 Å². The van der Waals surface area contributed by atoms with Gasteiger partial charge in [-0.15, -0.1) is 0 Å². The van der Waals surface area contributed by atoms with E-state index in [1.165, 1.54) is 83.8 Å². The van der Waals surface area contributed by atoms with Crippen LogP contribution >= 0.6 is 0 Å². The van der Waals surface area contributed by atoms with Crippen LogP contribution in [0.15, 0.2) is 0 Å². The van der Waals surface area contributed by atoms with Gasteiger partial charge >= 0.3 is 0 Å². The van der Waals surface area contributed by atoms with Gasteiger partial charge in [0.05, 0.1) is 0 Å². The molecule has 1 saturated heterocycles. The van der Waals surface area contributed by atoms with Gasteiger partial charge in [-0.05, 0) is 63.6 Å². The van der Waals surface area contributed by atoms with Gasteiger partial charge in [-0.2, -0.15) is 0 Å². The van der Waals surface area contributed by atoms with Crippen LogP contribution in [0.1, 0.15) is 71.1 Å². The topological polar surface area (TPSA) is 29.3 Å². The fraction of sp³-hybridized carbons (Fsp3) is 1.00. The Hall–Kier alpha value is -0.0800. The molecular formula is C16H32N2. The predicted octanol–water partition coefficient (Wildman–Crippen LogP) is 3.55. The van der Waals surface area contributed by atoms with Crippen LogP contribution in [-0.4, -0.2) is 30.6 Å². The molecule has 18 heavy (non-hydrogen) atoms. The van der Waals surface area contributed by atoms with Gasteiger partial charge in [-0.3, -0.25) is 0 Å². The number of piperidine rings is 1. The minimum Gasteiger partial charge on any atom is -0.328 e. The zero-order chi connectivity index (χ0) is 12.8. The van der Waals surface area contributed by atoms with E-state index in [-0.39, 0.29) is 0 Å². The Kier molecular flexibility index (Phi) is 5.50. The maximum absolute atomic E-state index is 6.11. The molecule has 1 aliphatic carbocycles. The summed E-state index contributed by atoms with van der Waals surface area (Å²) in [4.78, 5) is 2.66. The van der Waals surface area contributed by atoms with Crippen molar-refractivity contribution in [3.63, 3.8) is 0 Å². The molecule has 2 N–H and O–H groups in total. The number of hydrogen-bond acceptors (Lipinski definition) is 2. The maximum atomic E-state index is 6.11. The molecule has 1 heterocycles. The molecule has 0 aromatic carbocycles. The van der Waals surface area contributed by atoms with Crippen molar-refractivity contribution in [2.45, 2.75) is 77.2 Å². The molecule has 0 bridgehead atoms. The Morgan fingerprint density at radius 2 is 1.67 bits per heavy atom. The molecular weight excluding hydrogens is 220 g/mol. The summed E-state index contributed by atoms with van der Waals surface area (Å²) in [5.41, 5.74) is 6.86. The Morgan fingerprint density at radius 3 is 2.28 bits per heavy atom. The molecule has 2 heteroatoms. The predicted molar refractivity (Wildman–Crippen MR) is 78.7 cm³/mol. The van der Waals surface area contributed by atoms with Crippen LogP contribution in [0.3, 0.4) is 0 Å². The van der Waals surface area contributed by atoms with Gasteiger partial charge in [0.15, 0.2) is 0 Å². The van der Waals surface area contributed by atoms with Gasteiger partial charge < -0.3 is 10.6 Å². The summed E-state index contributed by atoms with van der Waals surface area (Å²) in [5, 5.41) is 0. The van der Waals surface area contributed by atoms with Gasteiger partial charge in [-0.1, -0.05) is 32.6 Å². The third-order valence-corrected chi connectivity index (χ3v) is 5.31. The summed E-state index contributed by atoms with van der Waals surface area (Å²) < 4.78 is 0. The van der Waals surface area contributed by atoms with Crippen molar-refractivity contribution in [2.24, 2.45) is 11.1 Å². The third-order valence-electron chi connectivity index (χ3n) is 5.31. The average molecular weight is 252 g/mol. The Balaban J connectivity index is 1.66. The SMILES string of the molecule is CCCC(N)CCN1CCC2(CCCCC2)CC1. The molecule has 0 radical (unpaired) electrons. The first-order valence-corrected chi connectivity index (χ1v) is 8.22. The van der Waals surface area contributed by atoms with E-state index in [1.807, 2.05) is 0 Å². The van der Waals surface area contributed by atoms with E-state index in [0.29, 0.717) is 6.04 Å². The first-order chi connectivity index (χ1) is 8.74. The quantitative estimate of drug-likeness (QED) is 0.811. The summed E-state index contributed by atoms with van der Waals surface area (Å²) >= 11 is 0. The minimum absolute atomic E-state index is 0.431. The Labute approximate surface area is 113 Å². The van der Waals surface area contributed by atoms with Crippen molar-refractivity contribution in [1.29, 1.82) is 0 Å². The van der Waals surface area contributed by atoms with E-state index in [0.717, 1.165) is 5.41 Å². The smallest absolute Gasteiger partial charge is 0.00509 e. The lowest BCUT2D eigenvalue weighted by Crippen LogP contribution is -2.42.